The first-order valence-corrected chi connectivity index (χ1v) is 5.46. The van der Waals surface area contributed by atoms with Gasteiger partial charge < -0.3 is 5.32 Å². The predicted molar refractivity (Wildman–Crippen MR) is 57.5 cm³/mol. The molecule has 0 bridgehead atoms. The van der Waals surface area contributed by atoms with Crippen LogP contribution in [0.4, 0.5) is 13.2 Å². The number of thiazole rings is 1. The standard InChI is InChI=1S/C10H7F3N2OS/c11-10(12,13)6-1-2-8-7(3-6)15-9(17-8)4-14-5-16/h1-3,5H,4H2,(H,14,16). The molecule has 0 aliphatic rings. The van der Waals surface area contributed by atoms with Crippen molar-refractivity contribution in [3.05, 3.63) is 28.8 Å². The molecule has 2 rings (SSSR count). The van der Waals surface area contributed by atoms with Crippen molar-refractivity contribution < 1.29 is 18.0 Å². The number of fused-ring (bicyclic) bond motifs is 1. The number of carbonyl (C=O) groups excluding carboxylic acids is 1. The van der Waals surface area contributed by atoms with Gasteiger partial charge in [-0.2, -0.15) is 13.2 Å². The number of nitrogens with zero attached hydrogens (tertiary/aromatic N) is 1. The topological polar surface area (TPSA) is 42.0 Å². The predicted octanol–water partition coefficient (Wildman–Crippen LogP) is 2.56. The van der Waals surface area contributed by atoms with Crippen molar-refractivity contribution in [1.29, 1.82) is 0 Å². The third-order valence-corrected chi connectivity index (χ3v) is 3.13. The van der Waals surface area contributed by atoms with E-state index >= 15 is 0 Å². The molecule has 7 heteroatoms. The number of hydrogen-bond donors (Lipinski definition) is 1. The quantitative estimate of drug-likeness (QED) is 0.862. The van der Waals surface area contributed by atoms with Crippen molar-refractivity contribution in [2.45, 2.75) is 12.7 Å². The van der Waals surface area contributed by atoms with Gasteiger partial charge in [0.25, 0.3) is 0 Å². The lowest BCUT2D eigenvalue weighted by atomic mass is 10.2. The molecule has 1 heterocycles. The average Bonchev–Trinajstić information content (AvgIpc) is 2.66. The van der Waals surface area contributed by atoms with Crippen LogP contribution in [-0.2, 0) is 17.5 Å². The molecule has 0 unspecified atom stereocenters. The first-order chi connectivity index (χ1) is 8.00. The molecule has 1 aromatic heterocycles. The monoisotopic (exact) mass is 260 g/mol. The van der Waals surface area contributed by atoms with Gasteiger partial charge in [0.2, 0.25) is 6.41 Å². The highest BCUT2D eigenvalue weighted by molar-refractivity contribution is 7.18. The Labute approximate surface area is 98.3 Å². The highest BCUT2D eigenvalue weighted by Crippen LogP contribution is 2.32. The summed E-state index contributed by atoms with van der Waals surface area (Å²) in [7, 11) is 0. The van der Waals surface area contributed by atoms with E-state index in [2.05, 4.69) is 10.3 Å². The van der Waals surface area contributed by atoms with Crippen LogP contribution >= 0.6 is 11.3 Å². The van der Waals surface area contributed by atoms with Gasteiger partial charge in [-0.3, -0.25) is 4.79 Å². The minimum atomic E-state index is -4.36. The Kier molecular flexibility index (Phi) is 3.01. The van der Waals surface area contributed by atoms with Gasteiger partial charge in [-0.15, -0.1) is 11.3 Å². The van der Waals surface area contributed by atoms with Crippen LogP contribution in [0.5, 0.6) is 0 Å². The van der Waals surface area contributed by atoms with E-state index in [1.807, 2.05) is 0 Å². The number of halogens is 3. The first-order valence-electron chi connectivity index (χ1n) is 4.64. The number of nitrogens with one attached hydrogen (secondary N) is 1. The molecule has 3 nitrogen and oxygen atoms in total. The van der Waals surface area contributed by atoms with Crippen LogP contribution in [0.1, 0.15) is 10.6 Å². The van der Waals surface area contributed by atoms with Crippen molar-refractivity contribution in [3.8, 4) is 0 Å². The zero-order valence-corrected chi connectivity index (χ0v) is 9.23. The Morgan fingerprint density at radius 2 is 2.18 bits per heavy atom. The second-order valence-electron chi connectivity index (χ2n) is 3.29. The van der Waals surface area contributed by atoms with E-state index in [0.717, 1.165) is 12.1 Å². The summed E-state index contributed by atoms with van der Waals surface area (Å²) in [4.78, 5) is 14.1. The molecule has 17 heavy (non-hydrogen) atoms. The Hall–Kier alpha value is -1.63. The van der Waals surface area contributed by atoms with Crippen LogP contribution in [0, 0.1) is 0 Å². The highest BCUT2D eigenvalue weighted by atomic mass is 32.1. The van der Waals surface area contributed by atoms with Crippen molar-refractivity contribution in [3.63, 3.8) is 0 Å². The Morgan fingerprint density at radius 3 is 2.82 bits per heavy atom. The molecule has 2 aromatic rings. The van der Waals surface area contributed by atoms with Gasteiger partial charge in [-0.25, -0.2) is 4.98 Å². The molecule has 1 N–H and O–H groups in total. The lowest BCUT2D eigenvalue weighted by molar-refractivity contribution is -0.137. The normalized spacial score (nSPS) is 11.7. The van der Waals surface area contributed by atoms with Crippen LogP contribution in [0.25, 0.3) is 10.2 Å². The molecule has 0 atom stereocenters. The molecule has 0 saturated heterocycles. The summed E-state index contributed by atoms with van der Waals surface area (Å²) in [6, 6.07) is 3.42. The minimum absolute atomic E-state index is 0.226. The summed E-state index contributed by atoms with van der Waals surface area (Å²) in [5.41, 5.74) is -0.419. The summed E-state index contributed by atoms with van der Waals surface area (Å²) < 4.78 is 38.0. The van der Waals surface area contributed by atoms with Crippen LogP contribution in [0.2, 0.25) is 0 Å². The van der Waals surface area contributed by atoms with Crippen molar-refractivity contribution in [2.24, 2.45) is 0 Å². The van der Waals surface area contributed by atoms with Gasteiger partial charge in [-0.1, -0.05) is 0 Å². The lowest BCUT2D eigenvalue weighted by Gasteiger charge is -2.04. The molecule has 0 radical (unpaired) electrons. The molecule has 1 amide bonds. The van der Waals surface area contributed by atoms with E-state index in [9.17, 15) is 18.0 Å². The van der Waals surface area contributed by atoms with Gasteiger partial charge >= 0.3 is 6.18 Å². The van der Waals surface area contributed by atoms with E-state index in [0.29, 0.717) is 21.6 Å². The fourth-order valence-electron chi connectivity index (χ4n) is 1.36. The number of benzene rings is 1. The Bertz CT molecular complexity index is 550. The zero-order chi connectivity index (χ0) is 12.5. The third-order valence-electron chi connectivity index (χ3n) is 2.10. The van der Waals surface area contributed by atoms with Gasteiger partial charge in [0.15, 0.2) is 0 Å². The second kappa shape index (κ2) is 4.33. The maximum atomic E-state index is 12.4. The smallest absolute Gasteiger partial charge is 0.352 e. The second-order valence-corrected chi connectivity index (χ2v) is 4.40. The van der Waals surface area contributed by atoms with E-state index in [1.165, 1.54) is 17.4 Å². The minimum Gasteiger partial charge on any atom is -0.352 e. The number of hydrogen-bond acceptors (Lipinski definition) is 3. The highest BCUT2D eigenvalue weighted by Gasteiger charge is 2.30. The first kappa shape index (κ1) is 11.8. The van der Waals surface area contributed by atoms with Crippen molar-refractivity contribution in [1.82, 2.24) is 10.3 Å². The molecule has 0 saturated carbocycles. The maximum Gasteiger partial charge on any atom is 0.416 e. The summed E-state index contributed by atoms with van der Waals surface area (Å²) in [6.07, 6.45) is -3.84. The summed E-state index contributed by atoms with van der Waals surface area (Å²) >= 11 is 1.26. The van der Waals surface area contributed by atoms with E-state index < -0.39 is 11.7 Å². The van der Waals surface area contributed by atoms with Gasteiger partial charge in [0.05, 0.1) is 22.3 Å². The van der Waals surface area contributed by atoms with Crippen molar-refractivity contribution >= 4 is 28.0 Å². The molecule has 90 valence electrons. The van der Waals surface area contributed by atoms with Gasteiger partial charge in [-0.05, 0) is 18.2 Å². The number of aromatic nitrogens is 1. The van der Waals surface area contributed by atoms with Gasteiger partial charge in [0.1, 0.15) is 5.01 Å². The number of rotatable bonds is 3. The summed E-state index contributed by atoms with van der Waals surface area (Å²) in [5.74, 6) is 0. The van der Waals surface area contributed by atoms with E-state index in [1.54, 1.807) is 0 Å². The fourth-order valence-corrected chi connectivity index (χ4v) is 2.25. The van der Waals surface area contributed by atoms with E-state index in [-0.39, 0.29) is 6.54 Å². The zero-order valence-electron chi connectivity index (χ0n) is 8.41. The summed E-state index contributed by atoms with van der Waals surface area (Å²) in [5, 5.41) is 2.99. The summed E-state index contributed by atoms with van der Waals surface area (Å²) in [6.45, 7) is 0.226. The van der Waals surface area contributed by atoms with Crippen LogP contribution in [-0.4, -0.2) is 11.4 Å². The molecule has 1 aromatic carbocycles. The van der Waals surface area contributed by atoms with Gasteiger partial charge in [0, 0.05) is 0 Å². The largest absolute Gasteiger partial charge is 0.416 e. The Balaban J connectivity index is 2.37. The maximum absolute atomic E-state index is 12.4. The molecule has 0 fully saturated rings. The molecule has 0 aliphatic carbocycles. The molecule has 0 spiro atoms. The van der Waals surface area contributed by atoms with Crippen LogP contribution in [0.3, 0.4) is 0 Å². The SMILES string of the molecule is O=CNCc1nc2cc(C(F)(F)F)ccc2s1. The molecular weight excluding hydrogens is 253 g/mol. The van der Waals surface area contributed by atoms with E-state index in [4.69, 9.17) is 0 Å². The van der Waals surface area contributed by atoms with Crippen molar-refractivity contribution in [2.75, 3.05) is 0 Å². The number of amides is 1. The number of carbonyl (C=O) groups is 1. The Morgan fingerprint density at radius 1 is 1.41 bits per heavy atom. The lowest BCUT2D eigenvalue weighted by Crippen LogP contribution is -2.09. The molecular formula is C10H7F3N2OS. The fraction of sp³-hybridized carbons (Fsp3) is 0.200. The number of alkyl halides is 3. The third kappa shape index (κ3) is 2.55. The molecule has 0 aliphatic heterocycles. The average molecular weight is 260 g/mol. The van der Waals surface area contributed by atoms with Crippen LogP contribution in [0.15, 0.2) is 18.2 Å². The van der Waals surface area contributed by atoms with Crippen LogP contribution < -0.4 is 5.32 Å².